The van der Waals surface area contributed by atoms with Crippen molar-refractivity contribution in [1.82, 2.24) is 0 Å². The second-order valence-corrected chi connectivity index (χ2v) is 5.32. The molecule has 0 aromatic heterocycles. The molecule has 1 aliphatic carbocycles. The number of allylic oxidation sites excluding steroid dienone is 1. The summed E-state index contributed by atoms with van der Waals surface area (Å²) >= 11 is 0. The molecular formula is C14H16O2. The Balaban J connectivity index is 2.63. The third kappa shape index (κ3) is 1.64. The number of hydrogen-bond donors (Lipinski definition) is 1. The van der Waals surface area contributed by atoms with Gasteiger partial charge in [-0.25, -0.2) is 0 Å². The molecule has 0 saturated carbocycles. The predicted octanol–water partition coefficient (Wildman–Crippen LogP) is 3.30. The van der Waals surface area contributed by atoms with Crippen LogP contribution < -0.4 is 0 Å². The fourth-order valence-corrected chi connectivity index (χ4v) is 2.27. The number of Topliss-reactive ketones (excluding diaryl/α,β-unsaturated/α-hetero) is 1. The minimum atomic E-state index is -0.256. The topological polar surface area (TPSA) is 37.3 Å². The summed E-state index contributed by atoms with van der Waals surface area (Å²) < 4.78 is 0. The molecule has 1 aliphatic rings. The highest BCUT2D eigenvalue weighted by Crippen LogP contribution is 2.41. The van der Waals surface area contributed by atoms with Gasteiger partial charge in [0.25, 0.3) is 0 Å². The quantitative estimate of drug-likeness (QED) is 0.722. The van der Waals surface area contributed by atoms with Gasteiger partial charge in [0, 0.05) is 0 Å². The van der Waals surface area contributed by atoms with E-state index in [4.69, 9.17) is 0 Å². The van der Waals surface area contributed by atoms with Crippen LogP contribution >= 0.6 is 0 Å². The highest BCUT2D eigenvalue weighted by molar-refractivity contribution is 6.05. The molecule has 2 rings (SSSR count). The molecule has 1 N–H and O–H groups in total. The Bertz CT molecular complexity index is 464. The van der Waals surface area contributed by atoms with Crippen LogP contribution in [-0.4, -0.2) is 10.9 Å². The lowest BCUT2D eigenvalue weighted by Gasteiger charge is -2.32. The summed E-state index contributed by atoms with van der Waals surface area (Å²) in [6.45, 7) is 6.06. The highest BCUT2D eigenvalue weighted by atomic mass is 16.3. The number of ketones is 1. The summed E-state index contributed by atoms with van der Waals surface area (Å²) in [6, 6.07) is 7.74. The Morgan fingerprint density at radius 1 is 1.19 bits per heavy atom. The van der Waals surface area contributed by atoms with Crippen molar-refractivity contribution in [2.45, 2.75) is 26.7 Å². The number of aliphatic hydroxyl groups is 1. The van der Waals surface area contributed by atoms with Gasteiger partial charge in [0.05, 0.1) is 5.92 Å². The first-order valence-corrected chi connectivity index (χ1v) is 5.45. The van der Waals surface area contributed by atoms with E-state index < -0.39 is 0 Å². The van der Waals surface area contributed by atoms with Gasteiger partial charge in [0.1, 0.15) is 0 Å². The molecule has 2 heteroatoms. The molecule has 1 atom stereocenters. The summed E-state index contributed by atoms with van der Waals surface area (Å²) in [6.07, 6.45) is 1.56. The van der Waals surface area contributed by atoms with E-state index in [0.29, 0.717) is 0 Å². The lowest BCUT2D eigenvalue weighted by atomic mass is 9.70. The molecule has 0 bridgehead atoms. The SMILES string of the molecule is CC(C)(C)C1C(=O)C(O)=Cc2ccccc21. The van der Waals surface area contributed by atoms with Crippen molar-refractivity contribution in [2.24, 2.45) is 5.41 Å². The van der Waals surface area contributed by atoms with E-state index in [9.17, 15) is 9.90 Å². The Morgan fingerprint density at radius 3 is 2.44 bits per heavy atom. The highest BCUT2D eigenvalue weighted by Gasteiger charge is 2.37. The number of hydrogen-bond acceptors (Lipinski definition) is 2. The summed E-state index contributed by atoms with van der Waals surface area (Å²) in [5, 5.41) is 9.67. The normalized spacial score (nSPS) is 20.3. The van der Waals surface area contributed by atoms with E-state index in [1.165, 1.54) is 0 Å². The predicted molar refractivity (Wildman–Crippen MR) is 64.3 cm³/mol. The van der Waals surface area contributed by atoms with Crippen molar-refractivity contribution in [3.8, 4) is 0 Å². The van der Waals surface area contributed by atoms with Crippen molar-refractivity contribution in [3.05, 3.63) is 41.2 Å². The van der Waals surface area contributed by atoms with Crippen LogP contribution in [0.2, 0.25) is 0 Å². The smallest absolute Gasteiger partial charge is 0.205 e. The van der Waals surface area contributed by atoms with Crippen LogP contribution in [0.25, 0.3) is 6.08 Å². The first-order chi connectivity index (χ1) is 7.41. The first-order valence-electron chi connectivity index (χ1n) is 5.45. The molecule has 0 saturated heterocycles. The van der Waals surface area contributed by atoms with E-state index in [1.807, 2.05) is 45.0 Å². The minimum absolute atomic E-state index is 0.126. The zero-order valence-corrected chi connectivity index (χ0v) is 9.82. The fraction of sp³-hybridized carbons (Fsp3) is 0.357. The van der Waals surface area contributed by atoms with Gasteiger partial charge in [-0.1, -0.05) is 45.0 Å². The number of carbonyl (C=O) groups excluding carboxylic acids is 1. The van der Waals surface area contributed by atoms with Crippen LogP contribution in [0.1, 0.15) is 37.8 Å². The third-order valence-electron chi connectivity index (χ3n) is 2.98. The maximum absolute atomic E-state index is 12.0. The molecule has 0 aliphatic heterocycles. The summed E-state index contributed by atoms with van der Waals surface area (Å²) in [4.78, 5) is 12.0. The van der Waals surface area contributed by atoms with Crippen molar-refractivity contribution < 1.29 is 9.90 Å². The van der Waals surface area contributed by atoms with Gasteiger partial charge in [-0.15, -0.1) is 0 Å². The van der Waals surface area contributed by atoms with Crippen molar-refractivity contribution >= 4 is 11.9 Å². The average molecular weight is 216 g/mol. The minimum Gasteiger partial charge on any atom is -0.504 e. The van der Waals surface area contributed by atoms with E-state index >= 15 is 0 Å². The Morgan fingerprint density at radius 2 is 1.81 bits per heavy atom. The zero-order chi connectivity index (χ0) is 11.9. The van der Waals surface area contributed by atoms with E-state index in [-0.39, 0.29) is 22.9 Å². The standard InChI is InChI=1S/C14H16O2/c1-14(2,3)12-10-7-5-4-6-9(10)8-11(15)13(12)16/h4-8,12,15H,1-3H3. The molecule has 16 heavy (non-hydrogen) atoms. The molecule has 1 aromatic carbocycles. The van der Waals surface area contributed by atoms with Crippen LogP contribution in [0.15, 0.2) is 30.0 Å². The molecule has 0 radical (unpaired) electrons. The van der Waals surface area contributed by atoms with Crippen molar-refractivity contribution in [1.29, 1.82) is 0 Å². The van der Waals surface area contributed by atoms with Crippen LogP contribution in [-0.2, 0) is 4.79 Å². The van der Waals surface area contributed by atoms with Crippen LogP contribution in [0, 0.1) is 5.41 Å². The Labute approximate surface area is 95.6 Å². The third-order valence-corrected chi connectivity index (χ3v) is 2.98. The van der Waals surface area contributed by atoms with Crippen molar-refractivity contribution in [2.75, 3.05) is 0 Å². The zero-order valence-electron chi connectivity index (χ0n) is 9.82. The number of carbonyl (C=O) groups is 1. The monoisotopic (exact) mass is 216 g/mol. The van der Waals surface area contributed by atoms with E-state index in [1.54, 1.807) is 6.08 Å². The molecule has 0 fully saturated rings. The average Bonchev–Trinajstić information content (AvgIpc) is 2.17. The molecule has 0 spiro atoms. The molecule has 0 amide bonds. The van der Waals surface area contributed by atoms with Gasteiger partial charge in [-0.05, 0) is 22.6 Å². The number of fused-ring (bicyclic) bond motifs is 1. The van der Waals surface area contributed by atoms with E-state index in [0.717, 1.165) is 11.1 Å². The second-order valence-electron chi connectivity index (χ2n) is 5.32. The first kappa shape index (κ1) is 10.9. The molecule has 1 aromatic rings. The maximum Gasteiger partial charge on any atom is 0.205 e. The molecule has 1 unspecified atom stereocenters. The van der Waals surface area contributed by atoms with Crippen molar-refractivity contribution in [3.63, 3.8) is 0 Å². The van der Waals surface area contributed by atoms with Crippen LogP contribution in [0.4, 0.5) is 0 Å². The Kier molecular flexibility index (Phi) is 2.38. The van der Waals surface area contributed by atoms with Gasteiger partial charge in [-0.3, -0.25) is 4.79 Å². The van der Waals surface area contributed by atoms with Gasteiger partial charge in [-0.2, -0.15) is 0 Å². The number of aliphatic hydroxyl groups excluding tert-OH is 1. The molecule has 0 heterocycles. The second kappa shape index (κ2) is 3.48. The summed E-state index contributed by atoms with van der Waals surface area (Å²) in [7, 11) is 0. The summed E-state index contributed by atoms with van der Waals surface area (Å²) in [5.41, 5.74) is 1.77. The molecule has 84 valence electrons. The fourth-order valence-electron chi connectivity index (χ4n) is 2.27. The van der Waals surface area contributed by atoms with Gasteiger partial charge >= 0.3 is 0 Å². The summed E-state index contributed by atoms with van der Waals surface area (Å²) in [5.74, 6) is -0.557. The van der Waals surface area contributed by atoms with Crippen LogP contribution in [0.5, 0.6) is 0 Å². The maximum atomic E-state index is 12.0. The van der Waals surface area contributed by atoms with Gasteiger partial charge in [0.15, 0.2) is 5.76 Å². The largest absolute Gasteiger partial charge is 0.504 e. The lowest BCUT2D eigenvalue weighted by molar-refractivity contribution is -0.121. The van der Waals surface area contributed by atoms with Crippen LogP contribution in [0.3, 0.4) is 0 Å². The Hall–Kier alpha value is -1.57. The number of benzene rings is 1. The van der Waals surface area contributed by atoms with Gasteiger partial charge < -0.3 is 5.11 Å². The van der Waals surface area contributed by atoms with Gasteiger partial charge in [0.2, 0.25) is 5.78 Å². The van der Waals surface area contributed by atoms with E-state index in [2.05, 4.69) is 0 Å². The number of rotatable bonds is 0. The molecule has 2 nitrogen and oxygen atoms in total. The lowest BCUT2D eigenvalue weighted by Crippen LogP contribution is -2.30. The molecular weight excluding hydrogens is 200 g/mol.